The molecular formula is C20H28N2O. The summed E-state index contributed by atoms with van der Waals surface area (Å²) in [5, 5.41) is 3.06. The van der Waals surface area contributed by atoms with E-state index in [9.17, 15) is 4.79 Å². The van der Waals surface area contributed by atoms with Crippen molar-refractivity contribution in [2.24, 2.45) is 5.92 Å². The second-order valence-electron chi connectivity index (χ2n) is 7.92. The van der Waals surface area contributed by atoms with Gasteiger partial charge in [-0.1, -0.05) is 38.0 Å². The summed E-state index contributed by atoms with van der Waals surface area (Å²) < 4.78 is 0. The zero-order valence-electron chi connectivity index (χ0n) is 14.2. The van der Waals surface area contributed by atoms with Gasteiger partial charge in [0, 0.05) is 23.6 Å². The Balaban J connectivity index is 1.53. The van der Waals surface area contributed by atoms with E-state index in [1.807, 2.05) is 6.07 Å². The molecule has 3 heteroatoms. The second-order valence-corrected chi connectivity index (χ2v) is 7.92. The molecule has 0 bridgehead atoms. The molecule has 1 saturated carbocycles. The van der Waals surface area contributed by atoms with Gasteiger partial charge in [0.15, 0.2) is 0 Å². The standard InChI is InChI=1S/C20H28N2O/c1-15-6-2-5-9-18(15)22-12-10-20(11-13-22)14-19(23)21-17-8-4-3-7-16(17)20/h3-4,7-8,15,18H,2,5-6,9-14H2,1H3,(H,21,23). The summed E-state index contributed by atoms with van der Waals surface area (Å²) in [6.45, 7) is 4.73. The van der Waals surface area contributed by atoms with Crippen molar-refractivity contribution in [3.8, 4) is 0 Å². The fourth-order valence-electron chi connectivity index (χ4n) is 5.22. The maximum atomic E-state index is 12.2. The molecule has 2 heterocycles. The van der Waals surface area contributed by atoms with Gasteiger partial charge >= 0.3 is 0 Å². The maximum absolute atomic E-state index is 12.2. The number of nitrogens with zero attached hydrogens (tertiary/aromatic N) is 1. The summed E-state index contributed by atoms with van der Waals surface area (Å²) in [6, 6.07) is 9.20. The number of hydrogen-bond acceptors (Lipinski definition) is 2. The molecule has 3 aliphatic rings. The van der Waals surface area contributed by atoms with Crippen molar-refractivity contribution in [3.63, 3.8) is 0 Å². The van der Waals surface area contributed by atoms with Crippen LogP contribution in [0.3, 0.4) is 0 Å². The van der Waals surface area contributed by atoms with E-state index < -0.39 is 0 Å². The minimum absolute atomic E-state index is 0.0767. The number of rotatable bonds is 1. The van der Waals surface area contributed by atoms with Crippen LogP contribution in [0.25, 0.3) is 0 Å². The van der Waals surface area contributed by atoms with Crippen molar-refractivity contribution in [2.75, 3.05) is 18.4 Å². The lowest BCUT2D eigenvalue weighted by molar-refractivity contribution is -0.118. The van der Waals surface area contributed by atoms with Crippen molar-refractivity contribution < 1.29 is 4.79 Å². The second kappa shape index (κ2) is 5.94. The first-order chi connectivity index (χ1) is 11.2. The van der Waals surface area contributed by atoms with E-state index in [1.165, 1.54) is 31.2 Å². The zero-order chi connectivity index (χ0) is 15.9. The predicted molar refractivity (Wildman–Crippen MR) is 93.6 cm³/mol. The van der Waals surface area contributed by atoms with Crippen molar-refractivity contribution in [3.05, 3.63) is 29.8 Å². The molecule has 4 rings (SSSR count). The van der Waals surface area contributed by atoms with Crippen molar-refractivity contribution in [2.45, 2.75) is 63.3 Å². The molecule has 2 unspecified atom stereocenters. The van der Waals surface area contributed by atoms with Crippen LogP contribution in [0.2, 0.25) is 0 Å². The predicted octanol–water partition coefficient (Wildman–Crippen LogP) is 3.94. The molecule has 2 fully saturated rings. The van der Waals surface area contributed by atoms with Gasteiger partial charge in [-0.25, -0.2) is 0 Å². The highest BCUT2D eigenvalue weighted by atomic mass is 16.1. The van der Waals surface area contributed by atoms with Crippen LogP contribution in [0.15, 0.2) is 24.3 Å². The summed E-state index contributed by atoms with van der Waals surface area (Å²) in [5.74, 6) is 1.03. The number of piperidine rings is 1. The van der Waals surface area contributed by atoms with E-state index >= 15 is 0 Å². The number of carbonyl (C=O) groups excluding carboxylic acids is 1. The number of nitrogens with one attached hydrogen (secondary N) is 1. The lowest BCUT2D eigenvalue weighted by atomic mass is 9.67. The fraction of sp³-hybridized carbons (Fsp3) is 0.650. The number of fused-ring (bicyclic) bond motifs is 2. The summed E-state index contributed by atoms with van der Waals surface area (Å²) in [7, 11) is 0. The van der Waals surface area contributed by atoms with Crippen LogP contribution in [0, 0.1) is 5.92 Å². The number of amides is 1. The SMILES string of the molecule is CC1CCCCC1N1CCC2(CC1)CC(=O)Nc1ccccc12. The van der Waals surface area contributed by atoms with Crippen LogP contribution < -0.4 is 5.32 Å². The van der Waals surface area contributed by atoms with E-state index in [1.54, 1.807) is 0 Å². The van der Waals surface area contributed by atoms with E-state index in [0.29, 0.717) is 6.42 Å². The fourth-order valence-corrected chi connectivity index (χ4v) is 5.22. The third-order valence-electron chi connectivity index (χ3n) is 6.56. The average molecular weight is 312 g/mol. The first kappa shape index (κ1) is 15.2. The molecule has 0 radical (unpaired) electrons. The monoisotopic (exact) mass is 312 g/mol. The largest absolute Gasteiger partial charge is 0.326 e. The van der Waals surface area contributed by atoms with Crippen LogP contribution in [0.4, 0.5) is 5.69 Å². The summed E-state index contributed by atoms with van der Waals surface area (Å²) >= 11 is 0. The van der Waals surface area contributed by atoms with Gasteiger partial charge in [0.25, 0.3) is 0 Å². The molecule has 0 aromatic heterocycles. The normalized spacial score (nSPS) is 30.7. The zero-order valence-corrected chi connectivity index (χ0v) is 14.2. The Labute approximate surface area is 139 Å². The van der Waals surface area contributed by atoms with E-state index in [2.05, 4.69) is 35.3 Å². The Kier molecular flexibility index (Phi) is 3.92. The van der Waals surface area contributed by atoms with Gasteiger partial charge in [-0.15, -0.1) is 0 Å². The van der Waals surface area contributed by atoms with Gasteiger partial charge in [0.1, 0.15) is 0 Å². The quantitative estimate of drug-likeness (QED) is 0.852. The van der Waals surface area contributed by atoms with E-state index in [-0.39, 0.29) is 11.3 Å². The van der Waals surface area contributed by atoms with Crippen molar-refractivity contribution in [1.82, 2.24) is 4.90 Å². The van der Waals surface area contributed by atoms with Crippen LogP contribution in [-0.4, -0.2) is 29.9 Å². The Hall–Kier alpha value is -1.35. The molecule has 1 aromatic rings. The number of likely N-dealkylation sites (tertiary alicyclic amines) is 1. The summed E-state index contributed by atoms with van der Waals surface area (Å²) in [4.78, 5) is 14.9. The van der Waals surface area contributed by atoms with Gasteiger partial charge in [-0.05, 0) is 56.3 Å². The molecule has 2 aliphatic heterocycles. The van der Waals surface area contributed by atoms with Gasteiger partial charge in [0.05, 0.1) is 0 Å². The molecule has 2 atom stereocenters. The third kappa shape index (κ3) is 2.69. The van der Waals surface area contributed by atoms with Gasteiger partial charge in [0.2, 0.25) is 5.91 Å². The molecule has 1 amide bonds. The number of hydrogen-bond donors (Lipinski definition) is 1. The summed E-state index contributed by atoms with van der Waals surface area (Å²) in [6.07, 6.45) is 8.47. The average Bonchev–Trinajstić information content (AvgIpc) is 2.56. The maximum Gasteiger partial charge on any atom is 0.225 e. The Bertz CT molecular complexity index is 589. The third-order valence-corrected chi connectivity index (χ3v) is 6.56. The van der Waals surface area contributed by atoms with Crippen molar-refractivity contribution >= 4 is 11.6 Å². The highest BCUT2D eigenvalue weighted by Crippen LogP contribution is 2.45. The molecular weight excluding hydrogens is 284 g/mol. The number of anilines is 1. The molecule has 23 heavy (non-hydrogen) atoms. The molecule has 1 saturated heterocycles. The molecule has 3 nitrogen and oxygen atoms in total. The number of para-hydroxylation sites is 1. The number of carbonyl (C=O) groups is 1. The van der Waals surface area contributed by atoms with Gasteiger partial charge in [-0.3, -0.25) is 4.79 Å². The van der Waals surface area contributed by atoms with Gasteiger partial charge in [-0.2, -0.15) is 0 Å². The Morgan fingerprint density at radius 3 is 2.65 bits per heavy atom. The lowest BCUT2D eigenvalue weighted by Gasteiger charge is -2.48. The highest BCUT2D eigenvalue weighted by molar-refractivity contribution is 5.95. The van der Waals surface area contributed by atoms with Crippen molar-refractivity contribution in [1.29, 1.82) is 0 Å². The van der Waals surface area contributed by atoms with Crippen LogP contribution in [0.1, 0.15) is 57.4 Å². The first-order valence-electron chi connectivity index (χ1n) is 9.31. The first-order valence-corrected chi connectivity index (χ1v) is 9.31. The molecule has 1 aliphatic carbocycles. The van der Waals surface area contributed by atoms with E-state index in [4.69, 9.17) is 0 Å². The Morgan fingerprint density at radius 1 is 1.13 bits per heavy atom. The minimum atomic E-state index is 0.0767. The van der Waals surface area contributed by atoms with Crippen LogP contribution >= 0.6 is 0 Å². The van der Waals surface area contributed by atoms with Crippen LogP contribution in [-0.2, 0) is 10.2 Å². The molecule has 124 valence electrons. The lowest BCUT2D eigenvalue weighted by Crippen LogP contribution is -2.51. The minimum Gasteiger partial charge on any atom is -0.326 e. The Morgan fingerprint density at radius 2 is 1.87 bits per heavy atom. The topological polar surface area (TPSA) is 32.3 Å². The van der Waals surface area contributed by atoms with Gasteiger partial charge < -0.3 is 10.2 Å². The smallest absolute Gasteiger partial charge is 0.225 e. The number of benzene rings is 1. The molecule has 1 spiro atoms. The molecule has 1 N–H and O–H groups in total. The highest BCUT2D eigenvalue weighted by Gasteiger charge is 2.43. The summed E-state index contributed by atoms with van der Waals surface area (Å²) in [5.41, 5.74) is 2.49. The van der Waals surface area contributed by atoms with Crippen LogP contribution in [0.5, 0.6) is 0 Å². The van der Waals surface area contributed by atoms with E-state index in [0.717, 1.165) is 43.6 Å². The molecule has 1 aromatic carbocycles.